The monoisotopic (exact) mass is 268 g/mol. The first kappa shape index (κ1) is 13.8. The van der Waals surface area contributed by atoms with E-state index in [-0.39, 0.29) is 0 Å². The number of nitrogens with two attached hydrogens (primary N) is 2. The van der Waals surface area contributed by atoms with Gasteiger partial charge in [0.1, 0.15) is 0 Å². The molecule has 4 nitrogen and oxygen atoms in total. The van der Waals surface area contributed by atoms with Gasteiger partial charge >= 0.3 is 0 Å². The van der Waals surface area contributed by atoms with Crippen molar-refractivity contribution in [2.45, 2.75) is 13.8 Å². The van der Waals surface area contributed by atoms with E-state index >= 15 is 0 Å². The van der Waals surface area contributed by atoms with Crippen LogP contribution in [0.5, 0.6) is 0 Å². The van der Waals surface area contributed by atoms with Crippen LogP contribution in [0.25, 0.3) is 11.1 Å². The summed E-state index contributed by atoms with van der Waals surface area (Å²) in [5, 5.41) is 0. The minimum absolute atomic E-state index is 0.465. The highest BCUT2D eigenvalue weighted by Gasteiger charge is 2.14. The lowest BCUT2D eigenvalue weighted by atomic mass is 9.91. The lowest BCUT2D eigenvalue weighted by Crippen LogP contribution is -2.14. The minimum Gasteiger partial charge on any atom is -0.366 e. The normalized spacial score (nSPS) is 10.3. The van der Waals surface area contributed by atoms with Gasteiger partial charge in [0.15, 0.2) is 0 Å². The van der Waals surface area contributed by atoms with Crippen LogP contribution in [0, 0.1) is 13.8 Å². The first-order chi connectivity index (χ1) is 9.43. The number of carbonyl (C=O) groups excluding carboxylic acids is 2. The van der Waals surface area contributed by atoms with Gasteiger partial charge in [0.05, 0.1) is 0 Å². The van der Waals surface area contributed by atoms with Crippen molar-refractivity contribution in [3.8, 4) is 11.1 Å². The molecule has 0 atom stereocenters. The molecular weight excluding hydrogens is 252 g/mol. The summed E-state index contributed by atoms with van der Waals surface area (Å²) in [4.78, 5) is 22.8. The lowest BCUT2D eigenvalue weighted by Gasteiger charge is -2.13. The topological polar surface area (TPSA) is 86.2 Å². The van der Waals surface area contributed by atoms with E-state index in [4.69, 9.17) is 11.5 Å². The summed E-state index contributed by atoms with van der Waals surface area (Å²) in [5.41, 5.74) is 15.0. The molecule has 2 rings (SSSR count). The van der Waals surface area contributed by atoms with Crippen molar-refractivity contribution in [3.05, 3.63) is 58.7 Å². The summed E-state index contributed by atoms with van der Waals surface area (Å²) >= 11 is 0. The average molecular weight is 268 g/mol. The average Bonchev–Trinajstić information content (AvgIpc) is 2.39. The van der Waals surface area contributed by atoms with Gasteiger partial charge < -0.3 is 11.5 Å². The zero-order valence-electron chi connectivity index (χ0n) is 11.4. The summed E-state index contributed by atoms with van der Waals surface area (Å²) in [6, 6.07) is 10.7. The van der Waals surface area contributed by atoms with E-state index in [1.165, 1.54) is 0 Å². The van der Waals surface area contributed by atoms with Crippen LogP contribution in [0.3, 0.4) is 0 Å². The fourth-order valence-electron chi connectivity index (χ4n) is 2.39. The molecule has 0 aliphatic rings. The van der Waals surface area contributed by atoms with E-state index in [1.54, 1.807) is 24.3 Å². The Hall–Kier alpha value is -2.62. The summed E-state index contributed by atoms with van der Waals surface area (Å²) in [7, 11) is 0. The van der Waals surface area contributed by atoms with E-state index < -0.39 is 11.8 Å². The van der Waals surface area contributed by atoms with Crippen molar-refractivity contribution < 1.29 is 9.59 Å². The molecule has 4 heteroatoms. The maximum Gasteiger partial charge on any atom is 0.248 e. The van der Waals surface area contributed by atoms with Crippen LogP contribution in [0.1, 0.15) is 31.8 Å². The van der Waals surface area contributed by atoms with Crippen molar-refractivity contribution in [1.82, 2.24) is 0 Å². The van der Waals surface area contributed by atoms with Crippen LogP contribution in [-0.2, 0) is 0 Å². The SMILES string of the molecule is Cc1c(C(N)=O)cccc1-c1cccc(C(N)=O)c1C. The van der Waals surface area contributed by atoms with Gasteiger partial charge in [0.2, 0.25) is 11.8 Å². The number of carbonyl (C=O) groups is 2. The van der Waals surface area contributed by atoms with Gasteiger partial charge in [-0.2, -0.15) is 0 Å². The predicted molar refractivity (Wildman–Crippen MR) is 78.4 cm³/mol. The molecule has 0 saturated carbocycles. The molecule has 0 aromatic heterocycles. The number of rotatable bonds is 3. The van der Waals surface area contributed by atoms with E-state index in [0.717, 1.165) is 22.3 Å². The quantitative estimate of drug-likeness (QED) is 0.893. The van der Waals surface area contributed by atoms with E-state index in [0.29, 0.717) is 11.1 Å². The summed E-state index contributed by atoms with van der Waals surface area (Å²) < 4.78 is 0. The lowest BCUT2D eigenvalue weighted by molar-refractivity contribution is 0.0991. The molecule has 2 amide bonds. The third-order valence-corrected chi connectivity index (χ3v) is 3.49. The highest BCUT2D eigenvalue weighted by molar-refractivity contribution is 5.98. The molecule has 0 aliphatic carbocycles. The molecule has 0 spiro atoms. The van der Waals surface area contributed by atoms with Gasteiger partial charge in [0.25, 0.3) is 0 Å². The van der Waals surface area contributed by atoms with Crippen molar-refractivity contribution in [3.63, 3.8) is 0 Å². The first-order valence-corrected chi connectivity index (χ1v) is 6.22. The fourth-order valence-corrected chi connectivity index (χ4v) is 2.39. The maximum atomic E-state index is 11.4. The third-order valence-electron chi connectivity index (χ3n) is 3.49. The minimum atomic E-state index is -0.465. The molecule has 0 saturated heterocycles. The number of amides is 2. The molecule has 0 aliphatic heterocycles. The molecule has 0 bridgehead atoms. The van der Waals surface area contributed by atoms with Crippen LogP contribution >= 0.6 is 0 Å². The van der Waals surface area contributed by atoms with E-state index in [9.17, 15) is 9.59 Å². The Balaban J connectivity index is 2.70. The standard InChI is InChI=1S/C16H16N2O2/c1-9-11(5-3-7-13(9)15(17)19)12-6-4-8-14(10(12)2)16(18)20/h3-8H,1-2H3,(H2,17,19)(H2,18,20). The summed E-state index contributed by atoms with van der Waals surface area (Å²) in [6.07, 6.45) is 0. The Kier molecular flexibility index (Phi) is 3.57. The Morgan fingerprint density at radius 2 is 1.10 bits per heavy atom. The van der Waals surface area contributed by atoms with Gasteiger partial charge in [0, 0.05) is 11.1 Å². The number of benzene rings is 2. The predicted octanol–water partition coefficient (Wildman–Crippen LogP) is 2.17. The molecule has 2 aromatic carbocycles. The van der Waals surface area contributed by atoms with Crippen LogP contribution in [0.4, 0.5) is 0 Å². The second-order valence-electron chi connectivity index (χ2n) is 4.68. The molecule has 0 unspecified atom stereocenters. The molecule has 4 N–H and O–H groups in total. The molecule has 2 aromatic rings. The summed E-state index contributed by atoms with van der Waals surface area (Å²) in [5.74, 6) is -0.930. The van der Waals surface area contributed by atoms with Crippen molar-refractivity contribution >= 4 is 11.8 Å². The largest absolute Gasteiger partial charge is 0.366 e. The van der Waals surface area contributed by atoms with Gasteiger partial charge in [-0.25, -0.2) is 0 Å². The zero-order chi connectivity index (χ0) is 14.9. The Morgan fingerprint density at radius 1 is 0.750 bits per heavy atom. The van der Waals surface area contributed by atoms with E-state index in [2.05, 4.69) is 0 Å². The Labute approximate surface area is 117 Å². The van der Waals surface area contributed by atoms with Crippen LogP contribution in [0.15, 0.2) is 36.4 Å². The van der Waals surface area contributed by atoms with Gasteiger partial charge in [-0.05, 0) is 48.2 Å². The number of hydrogen-bond donors (Lipinski definition) is 2. The maximum absolute atomic E-state index is 11.4. The second kappa shape index (κ2) is 5.17. The number of hydrogen-bond acceptors (Lipinski definition) is 2. The van der Waals surface area contributed by atoms with Crippen molar-refractivity contribution in [2.75, 3.05) is 0 Å². The van der Waals surface area contributed by atoms with Crippen molar-refractivity contribution in [1.29, 1.82) is 0 Å². The van der Waals surface area contributed by atoms with Crippen LogP contribution in [0.2, 0.25) is 0 Å². The smallest absolute Gasteiger partial charge is 0.248 e. The molecule has 20 heavy (non-hydrogen) atoms. The van der Waals surface area contributed by atoms with Gasteiger partial charge in [-0.1, -0.05) is 24.3 Å². The number of primary amides is 2. The fraction of sp³-hybridized carbons (Fsp3) is 0.125. The van der Waals surface area contributed by atoms with Crippen molar-refractivity contribution in [2.24, 2.45) is 11.5 Å². The highest BCUT2D eigenvalue weighted by Crippen LogP contribution is 2.29. The third kappa shape index (κ3) is 2.28. The second-order valence-corrected chi connectivity index (χ2v) is 4.68. The van der Waals surface area contributed by atoms with Gasteiger partial charge in [-0.3, -0.25) is 9.59 Å². The zero-order valence-corrected chi connectivity index (χ0v) is 11.4. The Bertz CT molecular complexity index is 644. The molecule has 102 valence electrons. The first-order valence-electron chi connectivity index (χ1n) is 6.22. The summed E-state index contributed by atoms with van der Waals surface area (Å²) in [6.45, 7) is 3.68. The molecular formula is C16H16N2O2. The molecule has 0 heterocycles. The molecule has 0 fully saturated rings. The Morgan fingerprint density at radius 3 is 1.40 bits per heavy atom. The van der Waals surface area contributed by atoms with E-state index in [1.807, 2.05) is 26.0 Å². The van der Waals surface area contributed by atoms with Gasteiger partial charge in [-0.15, -0.1) is 0 Å². The molecule has 0 radical (unpaired) electrons. The van der Waals surface area contributed by atoms with Crippen LogP contribution < -0.4 is 11.5 Å². The van der Waals surface area contributed by atoms with Crippen LogP contribution in [-0.4, -0.2) is 11.8 Å². The highest BCUT2D eigenvalue weighted by atomic mass is 16.1.